The average molecular weight is 795 g/mol. The summed E-state index contributed by atoms with van der Waals surface area (Å²) < 4.78 is 5.07. The van der Waals surface area contributed by atoms with Gasteiger partial charge >= 0.3 is 0 Å². The number of anilines is 3. The molecule has 2 heterocycles. The van der Waals surface area contributed by atoms with E-state index in [-0.39, 0.29) is 0 Å². The topological polar surface area (TPSA) is 8.17 Å². The van der Waals surface area contributed by atoms with Gasteiger partial charge in [-0.15, -0.1) is 11.3 Å². The Kier molecular flexibility index (Phi) is 8.39. The summed E-state index contributed by atoms with van der Waals surface area (Å²) in [5.41, 5.74) is 14.1. The van der Waals surface area contributed by atoms with Gasteiger partial charge in [0.25, 0.3) is 0 Å². The minimum atomic E-state index is 1.10. The highest BCUT2D eigenvalue weighted by Gasteiger charge is 2.19. The molecule has 0 fully saturated rings. The molecule has 0 amide bonds. The van der Waals surface area contributed by atoms with Crippen molar-refractivity contribution in [1.29, 1.82) is 0 Å². The smallest absolute Gasteiger partial charge is 0.0547 e. The summed E-state index contributed by atoms with van der Waals surface area (Å²) in [7, 11) is 0. The first-order chi connectivity index (χ1) is 30.2. The molecule has 0 atom stereocenters. The van der Waals surface area contributed by atoms with Crippen molar-refractivity contribution in [2.75, 3.05) is 4.90 Å². The number of nitrogens with zero attached hydrogens (tertiary/aromatic N) is 2. The fraction of sp³-hybridized carbons (Fsp3) is 0. The second-order valence-electron chi connectivity index (χ2n) is 15.7. The zero-order valence-corrected chi connectivity index (χ0v) is 34.1. The maximum atomic E-state index is 2.47. The van der Waals surface area contributed by atoms with E-state index in [0.717, 1.165) is 22.7 Å². The first-order valence-corrected chi connectivity index (χ1v) is 21.6. The molecule has 0 spiro atoms. The highest BCUT2D eigenvalue weighted by atomic mass is 32.1. The molecule has 10 aromatic carbocycles. The molecule has 2 aromatic heterocycles. The summed E-state index contributed by atoms with van der Waals surface area (Å²) in [5.74, 6) is 0. The van der Waals surface area contributed by atoms with Gasteiger partial charge in [-0.3, -0.25) is 0 Å². The van der Waals surface area contributed by atoms with Gasteiger partial charge in [0.1, 0.15) is 0 Å². The number of thiophene rings is 1. The largest absolute Gasteiger partial charge is 0.311 e. The zero-order chi connectivity index (χ0) is 40.3. The Morgan fingerprint density at radius 1 is 0.328 bits per heavy atom. The Morgan fingerprint density at radius 3 is 1.67 bits per heavy atom. The van der Waals surface area contributed by atoms with Gasteiger partial charge in [-0.1, -0.05) is 158 Å². The molecule has 61 heavy (non-hydrogen) atoms. The number of rotatable bonds is 7. The van der Waals surface area contributed by atoms with E-state index in [1.807, 2.05) is 11.3 Å². The van der Waals surface area contributed by atoms with E-state index in [0.29, 0.717) is 0 Å². The Labute approximate surface area is 358 Å². The maximum Gasteiger partial charge on any atom is 0.0547 e. The van der Waals surface area contributed by atoms with Crippen molar-refractivity contribution in [3.05, 3.63) is 231 Å². The van der Waals surface area contributed by atoms with Crippen LogP contribution in [0.25, 0.3) is 91.8 Å². The van der Waals surface area contributed by atoms with Gasteiger partial charge in [-0.05, 0) is 111 Å². The molecule has 286 valence electrons. The predicted octanol–water partition coefficient (Wildman–Crippen LogP) is 16.8. The van der Waals surface area contributed by atoms with Crippen LogP contribution in [0.5, 0.6) is 0 Å². The SMILES string of the molecule is c1ccc(-c2ccc3c4ccccc4n(-c4cc(-c5ccc(N(c6ccccc6)c6ccc(-c7ccc8ccccc8c7)cc6)cc5)c5sc6ccccc6c5c4)c3c2)cc1. The second kappa shape index (κ2) is 14.5. The van der Waals surface area contributed by atoms with Crippen LogP contribution >= 0.6 is 11.3 Å². The molecule has 12 rings (SSSR count). The molecule has 0 N–H and O–H groups in total. The molecule has 0 saturated heterocycles. The maximum absolute atomic E-state index is 2.47. The van der Waals surface area contributed by atoms with Crippen LogP contribution in [0.2, 0.25) is 0 Å². The van der Waals surface area contributed by atoms with E-state index in [9.17, 15) is 0 Å². The molecule has 0 radical (unpaired) electrons. The van der Waals surface area contributed by atoms with E-state index in [1.54, 1.807) is 0 Å². The minimum Gasteiger partial charge on any atom is -0.311 e. The third kappa shape index (κ3) is 6.09. The Hall–Kier alpha value is -7.72. The van der Waals surface area contributed by atoms with Crippen molar-refractivity contribution in [1.82, 2.24) is 4.57 Å². The number of aromatic nitrogens is 1. The molecular formula is C58H38N2S. The molecule has 0 aliphatic carbocycles. The summed E-state index contributed by atoms with van der Waals surface area (Å²) in [5, 5.41) is 7.58. The van der Waals surface area contributed by atoms with Gasteiger partial charge in [0.15, 0.2) is 0 Å². The van der Waals surface area contributed by atoms with Crippen molar-refractivity contribution in [3.8, 4) is 39.1 Å². The van der Waals surface area contributed by atoms with Crippen LogP contribution in [0.1, 0.15) is 0 Å². The van der Waals surface area contributed by atoms with Crippen molar-refractivity contribution in [2.45, 2.75) is 0 Å². The fourth-order valence-electron chi connectivity index (χ4n) is 9.20. The predicted molar refractivity (Wildman–Crippen MR) is 262 cm³/mol. The van der Waals surface area contributed by atoms with Crippen molar-refractivity contribution >= 4 is 81.1 Å². The van der Waals surface area contributed by atoms with Crippen molar-refractivity contribution < 1.29 is 0 Å². The molecule has 12 aromatic rings. The summed E-state index contributed by atoms with van der Waals surface area (Å²) >= 11 is 1.88. The number of hydrogen-bond acceptors (Lipinski definition) is 2. The third-order valence-electron chi connectivity index (χ3n) is 12.2. The molecule has 0 saturated carbocycles. The first-order valence-electron chi connectivity index (χ1n) is 20.8. The summed E-state index contributed by atoms with van der Waals surface area (Å²) in [6.07, 6.45) is 0. The highest BCUT2D eigenvalue weighted by Crippen LogP contribution is 2.45. The summed E-state index contributed by atoms with van der Waals surface area (Å²) in [6.45, 7) is 0. The lowest BCUT2D eigenvalue weighted by atomic mass is 10.00. The fourth-order valence-corrected chi connectivity index (χ4v) is 10.4. The van der Waals surface area contributed by atoms with Crippen molar-refractivity contribution in [3.63, 3.8) is 0 Å². The number of benzene rings is 10. The van der Waals surface area contributed by atoms with E-state index >= 15 is 0 Å². The van der Waals surface area contributed by atoms with E-state index in [1.165, 1.54) is 86.1 Å². The minimum absolute atomic E-state index is 1.10. The van der Waals surface area contributed by atoms with Gasteiger partial charge in [0, 0.05) is 59.3 Å². The van der Waals surface area contributed by atoms with Crippen LogP contribution in [0.4, 0.5) is 17.1 Å². The molecule has 3 heteroatoms. The first kappa shape index (κ1) is 35.2. The van der Waals surface area contributed by atoms with Gasteiger partial charge in [-0.2, -0.15) is 0 Å². The molecule has 0 bridgehead atoms. The standard InChI is InChI=1S/C58H38N2S/c1-3-13-39(14-4-1)45-29-34-51-50-19-9-11-21-55(50)60(56(51)36-45)49-37-53(58-54(38-49)52-20-10-12-22-57(52)61-58)42-27-32-48(33-28-42)59(46-17-5-2-6-18-46)47-30-25-41(26-31-47)44-24-23-40-15-7-8-16-43(40)35-44/h1-38H. The van der Waals surface area contributed by atoms with Gasteiger partial charge in [0.2, 0.25) is 0 Å². The lowest BCUT2D eigenvalue weighted by Crippen LogP contribution is -2.09. The Morgan fingerprint density at radius 2 is 0.885 bits per heavy atom. The molecule has 0 aliphatic rings. The van der Waals surface area contributed by atoms with E-state index < -0.39 is 0 Å². The molecule has 0 aliphatic heterocycles. The van der Waals surface area contributed by atoms with Gasteiger partial charge < -0.3 is 9.47 Å². The van der Waals surface area contributed by atoms with Crippen LogP contribution in [-0.4, -0.2) is 4.57 Å². The third-order valence-corrected chi connectivity index (χ3v) is 13.4. The lowest BCUT2D eigenvalue weighted by Gasteiger charge is -2.26. The van der Waals surface area contributed by atoms with Crippen LogP contribution in [0.3, 0.4) is 0 Å². The molecule has 0 unspecified atom stereocenters. The van der Waals surface area contributed by atoms with E-state index in [4.69, 9.17) is 0 Å². The lowest BCUT2D eigenvalue weighted by molar-refractivity contribution is 1.19. The van der Waals surface area contributed by atoms with Crippen molar-refractivity contribution in [2.24, 2.45) is 0 Å². The van der Waals surface area contributed by atoms with Crippen LogP contribution < -0.4 is 4.90 Å². The van der Waals surface area contributed by atoms with Gasteiger partial charge in [0.05, 0.1) is 11.0 Å². The number of para-hydroxylation sites is 2. The van der Waals surface area contributed by atoms with Gasteiger partial charge in [-0.25, -0.2) is 0 Å². The number of hydrogen-bond donors (Lipinski definition) is 0. The Balaban J connectivity index is 0.996. The zero-order valence-electron chi connectivity index (χ0n) is 33.2. The quantitative estimate of drug-likeness (QED) is 0.156. The monoisotopic (exact) mass is 794 g/mol. The Bertz CT molecular complexity index is 3560. The number of fused-ring (bicyclic) bond motifs is 7. The van der Waals surface area contributed by atoms with Crippen LogP contribution in [0.15, 0.2) is 231 Å². The average Bonchev–Trinajstić information content (AvgIpc) is 3.88. The summed E-state index contributed by atoms with van der Waals surface area (Å²) in [4.78, 5) is 2.35. The second-order valence-corrected chi connectivity index (χ2v) is 16.8. The summed E-state index contributed by atoms with van der Waals surface area (Å²) in [6, 6.07) is 84.1. The highest BCUT2D eigenvalue weighted by molar-refractivity contribution is 7.26. The normalized spacial score (nSPS) is 11.6. The van der Waals surface area contributed by atoms with Crippen LogP contribution in [0, 0.1) is 0 Å². The molecular weight excluding hydrogens is 757 g/mol. The van der Waals surface area contributed by atoms with Crippen LogP contribution in [-0.2, 0) is 0 Å². The molecule has 2 nitrogen and oxygen atoms in total. The van der Waals surface area contributed by atoms with E-state index in [2.05, 4.69) is 240 Å².